The fraction of sp³-hybridized carbons (Fsp3) is 0.308. The van der Waals surface area contributed by atoms with Gasteiger partial charge < -0.3 is 15.0 Å². The molecule has 1 saturated carbocycles. The molecule has 1 aliphatic carbocycles. The Hall–Kier alpha value is -3.45. The number of aromatic nitrogens is 4. The van der Waals surface area contributed by atoms with E-state index in [2.05, 4.69) is 39.8 Å². The summed E-state index contributed by atoms with van der Waals surface area (Å²) in [6, 6.07) is 15.7. The Bertz CT molecular complexity index is 1390. The van der Waals surface area contributed by atoms with Crippen LogP contribution in [0.3, 0.4) is 0 Å². The van der Waals surface area contributed by atoms with Crippen LogP contribution < -0.4 is 5.32 Å². The molecule has 1 aliphatic rings. The molecular weight excluding hydrogens is 450 g/mol. The molecule has 8 heteroatoms. The number of nitrogens with zero attached hydrogens (tertiary/aromatic N) is 4. The number of rotatable bonds is 7. The standard InChI is InChI=1S/C26H26ClN5O2/c1-15-5-4-6-17(13-15)24-30-21-20(32(24)14-16-7-11-19(27)12-8-16)22(29-23(28-21)25(33)34)31-26(2,3)18-9-10-18/h4-8,11-13,18H,9-10,14H2,1-3H3,(H,33,34)(H,28,29,31). The average molecular weight is 476 g/mol. The van der Waals surface area contributed by atoms with Gasteiger partial charge in [-0.05, 0) is 63.3 Å². The monoisotopic (exact) mass is 475 g/mol. The van der Waals surface area contributed by atoms with Gasteiger partial charge in [0.2, 0.25) is 5.82 Å². The number of nitrogens with one attached hydrogen (secondary N) is 1. The minimum atomic E-state index is -1.18. The molecule has 0 saturated heterocycles. The van der Waals surface area contributed by atoms with Crippen LogP contribution in [0.4, 0.5) is 5.82 Å². The van der Waals surface area contributed by atoms with Gasteiger partial charge in [-0.25, -0.2) is 19.7 Å². The fourth-order valence-corrected chi connectivity index (χ4v) is 4.49. The lowest BCUT2D eigenvalue weighted by molar-refractivity contribution is 0.0684. The van der Waals surface area contributed by atoms with E-state index in [1.807, 2.05) is 49.4 Å². The number of carboxylic acids is 1. The Kier molecular flexibility index (Phi) is 5.52. The quantitative estimate of drug-likeness (QED) is 0.350. The van der Waals surface area contributed by atoms with Crippen LogP contribution >= 0.6 is 11.6 Å². The lowest BCUT2D eigenvalue weighted by atomic mass is 9.99. The maximum Gasteiger partial charge on any atom is 0.374 e. The van der Waals surface area contributed by atoms with Crippen molar-refractivity contribution in [2.45, 2.75) is 45.7 Å². The molecule has 5 rings (SSSR count). The lowest BCUT2D eigenvalue weighted by Gasteiger charge is -2.27. The van der Waals surface area contributed by atoms with Crippen molar-refractivity contribution in [2.75, 3.05) is 5.32 Å². The number of fused-ring (bicyclic) bond motifs is 1. The van der Waals surface area contributed by atoms with Gasteiger partial charge in [0.1, 0.15) is 11.3 Å². The molecular formula is C26H26ClN5O2. The number of carboxylic acid groups (broad SMARTS) is 1. The highest BCUT2D eigenvalue weighted by Crippen LogP contribution is 2.42. The second kappa shape index (κ2) is 8.40. The number of hydrogen-bond acceptors (Lipinski definition) is 5. The van der Waals surface area contributed by atoms with E-state index in [0.29, 0.717) is 40.3 Å². The van der Waals surface area contributed by atoms with Gasteiger partial charge in [0.05, 0.1) is 0 Å². The highest BCUT2D eigenvalue weighted by molar-refractivity contribution is 6.30. The van der Waals surface area contributed by atoms with Gasteiger partial charge in [-0.2, -0.15) is 0 Å². The Morgan fingerprint density at radius 2 is 1.88 bits per heavy atom. The van der Waals surface area contributed by atoms with Crippen LogP contribution in [0.5, 0.6) is 0 Å². The topological polar surface area (TPSA) is 92.9 Å². The van der Waals surface area contributed by atoms with Crippen molar-refractivity contribution in [1.29, 1.82) is 0 Å². The zero-order valence-electron chi connectivity index (χ0n) is 19.3. The van der Waals surface area contributed by atoms with Gasteiger partial charge >= 0.3 is 5.97 Å². The minimum Gasteiger partial charge on any atom is -0.475 e. The number of halogens is 1. The van der Waals surface area contributed by atoms with Crippen molar-refractivity contribution in [3.8, 4) is 11.4 Å². The Labute approximate surface area is 202 Å². The van der Waals surface area contributed by atoms with E-state index in [0.717, 1.165) is 29.5 Å². The first-order valence-corrected chi connectivity index (χ1v) is 11.7. The van der Waals surface area contributed by atoms with Crippen LogP contribution in [0.1, 0.15) is 48.4 Å². The molecule has 2 aromatic carbocycles. The van der Waals surface area contributed by atoms with E-state index in [4.69, 9.17) is 16.6 Å². The molecule has 34 heavy (non-hydrogen) atoms. The third-order valence-corrected chi connectivity index (χ3v) is 6.62. The van der Waals surface area contributed by atoms with Gasteiger partial charge in [-0.15, -0.1) is 0 Å². The molecule has 2 heterocycles. The molecule has 0 aliphatic heterocycles. The molecule has 1 fully saturated rings. The van der Waals surface area contributed by atoms with E-state index in [1.165, 1.54) is 0 Å². The third-order valence-electron chi connectivity index (χ3n) is 6.36. The Morgan fingerprint density at radius 3 is 2.53 bits per heavy atom. The number of benzene rings is 2. The van der Waals surface area contributed by atoms with Gasteiger partial charge in [0.25, 0.3) is 0 Å². The van der Waals surface area contributed by atoms with Crippen LogP contribution in [0, 0.1) is 12.8 Å². The Balaban J connectivity index is 1.75. The number of carbonyl (C=O) groups is 1. The second-order valence-corrected chi connectivity index (χ2v) is 9.95. The first kappa shape index (κ1) is 22.3. The first-order chi connectivity index (χ1) is 16.2. The van der Waals surface area contributed by atoms with Crippen molar-refractivity contribution in [1.82, 2.24) is 19.5 Å². The van der Waals surface area contributed by atoms with Crippen molar-refractivity contribution in [3.63, 3.8) is 0 Å². The second-order valence-electron chi connectivity index (χ2n) is 9.51. The lowest BCUT2D eigenvalue weighted by Crippen LogP contribution is -2.34. The van der Waals surface area contributed by atoms with E-state index >= 15 is 0 Å². The number of hydrogen-bond donors (Lipinski definition) is 2. The summed E-state index contributed by atoms with van der Waals surface area (Å²) >= 11 is 6.11. The molecule has 0 bridgehead atoms. The molecule has 0 amide bonds. The molecule has 2 aromatic heterocycles. The largest absolute Gasteiger partial charge is 0.475 e. The summed E-state index contributed by atoms with van der Waals surface area (Å²) in [7, 11) is 0. The summed E-state index contributed by atoms with van der Waals surface area (Å²) < 4.78 is 2.06. The molecule has 0 spiro atoms. The summed E-state index contributed by atoms with van der Waals surface area (Å²) in [5.41, 5.74) is 3.87. The highest BCUT2D eigenvalue weighted by atomic mass is 35.5. The molecule has 174 valence electrons. The van der Waals surface area contributed by atoms with E-state index in [1.54, 1.807) is 0 Å². The summed E-state index contributed by atoms with van der Waals surface area (Å²) in [5.74, 6) is 0.249. The van der Waals surface area contributed by atoms with E-state index in [-0.39, 0.29) is 11.4 Å². The smallest absolute Gasteiger partial charge is 0.374 e. The van der Waals surface area contributed by atoms with Crippen LogP contribution in [0.25, 0.3) is 22.6 Å². The van der Waals surface area contributed by atoms with E-state index < -0.39 is 5.97 Å². The maximum absolute atomic E-state index is 11.8. The predicted octanol–water partition coefficient (Wildman–Crippen LogP) is 5.80. The zero-order valence-corrected chi connectivity index (χ0v) is 20.1. The molecule has 4 aromatic rings. The molecule has 0 unspecified atom stereocenters. The molecule has 2 N–H and O–H groups in total. The normalized spacial score (nSPS) is 13.9. The summed E-state index contributed by atoms with van der Waals surface area (Å²) in [6.45, 7) is 6.79. The molecule has 0 radical (unpaired) electrons. The zero-order chi connectivity index (χ0) is 24.0. The highest BCUT2D eigenvalue weighted by Gasteiger charge is 2.39. The number of aryl methyl sites for hydroxylation is 1. The minimum absolute atomic E-state index is 0.240. The SMILES string of the molecule is Cc1cccc(-c2nc3nc(C(=O)O)nc(NC(C)(C)C4CC4)c3n2Cc2ccc(Cl)cc2)c1. The van der Waals surface area contributed by atoms with Crippen LogP contribution in [-0.2, 0) is 6.54 Å². The average Bonchev–Trinajstić information content (AvgIpc) is 3.58. The molecule has 7 nitrogen and oxygen atoms in total. The predicted molar refractivity (Wildman–Crippen MR) is 133 cm³/mol. The van der Waals surface area contributed by atoms with Crippen LogP contribution in [-0.4, -0.2) is 36.1 Å². The van der Waals surface area contributed by atoms with Gasteiger partial charge in [-0.1, -0.05) is 47.5 Å². The summed E-state index contributed by atoms with van der Waals surface area (Å²) in [4.78, 5) is 25.4. The van der Waals surface area contributed by atoms with Crippen molar-refractivity contribution in [3.05, 3.63) is 70.5 Å². The maximum atomic E-state index is 11.8. The van der Waals surface area contributed by atoms with Crippen molar-refractivity contribution in [2.24, 2.45) is 5.92 Å². The van der Waals surface area contributed by atoms with Crippen LogP contribution in [0.2, 0.25) is 5.02 Å². The Morgan fingerprint density at radius 1 is 1.15 bits per heavy atom. The molecule has 0 atom stereocenters. The van der Waals surface area contributed by atoms with Gasteiger partial charge in [-0.3, -0.25) is 0 Å². The van der Waals surface area contributed by atoms with Crippen LogP contribution in [0.15, 0.2) is 48.5 Å². The van der Waals surface area contributed by atoms with E-state index in [9.17, 15) is 9.90 Å². The van der Waals surface area contributed by atoms with Crippen molar-refractivity contribution < 1.29 is 9.90 Å². The summed E-state index contributed by atoms with van der Waals surface area (Å²) in [5, 5.41) is 13.9. The summed E-state index contributed by atoms with van der Waals surface area (Å²) in [6.07, 6.45) is 2.27. The van der Waals surface area contributed by atoms with Gasteiger partial charge in [0.15, 0.2) is 11.5 Å². The fourth-order valence-electron chi connectivity index (χ4n) is 4.36. The van der Waals surface area contributed by atoms with Crippen molar-refractivity contribution >= 4 is 34.6 Å². The third kappa shape index (κ3) is 4.35. The number of imidazole rings is 1. The van der Waals surface area contributed by atoms with Gasteiger partial charge in [0, 0.05) is 22.7 Å². The first-order valence-electron chi connectivity index (χ1n) is 11.3. The number of anilines is 1. The number of aromatic carboxylic acids is 1.